The van der Waals surface area contributed by atoms with Crippen LogP contribution < -0.4 is 5.32 Å². The smallest absolute Gasteiger partial charge is 0.325 e. The van der Waals surface area contributed by atoms with Gasteiger partial charge in [-0.05, 0) is 11.6 Å². The van der Waals surface area contributed by atoms with Crippen molar-refractivity contribution in [3.63, 3.8) is 0 Å². The normalized spacial score (nSPS) is 12.1. The molecule has 0 aliphatic carbocycles. The van der Waals surface area contributed by atoms with Crippen molar-refractivity contribution < 1.29 is 9.90 Å². The maximum atomic E-state index is 11.4. The quantitative estimate of drug-likeness (QED) is 0.880. The third kappa shape index (κ3) is 3.51. The molecule has 0 saturated heterocycles. The van der Waals surface area contributed by atoms with Gasteiger partial charge in [0.25, 0.3) is 0 Å². The molecule has 2 N–H and O–H groups in total. The van der Waals surface area contributed by atoms with E-state index in [1.165, 1.54) is 0 Å². The van der Waals surface area contributed by atoms with Crippen LogP contribution >= 0.6 is 23.2 Å². The van der Waals surface area contributed by atoms with Crippen LogP contribution in [-0.4, -0.2) is 11.1 Å². The fraction of sp³-hybridized carbons (Fsp3) is 0.133. The van der Waals surface area contributed by atoms with Crippen molar-refractivity contribution in [1.82, 2.24) is 5.32 Å². The number of benzene rings is 2. The molecule has 0 amide bonds. The summed E-state index contributed by atoms with van der Waals surface area (Å²) in [5.41, 5.74) is 1.46. The number of hydrogen-bond acceptors (Lipinski definition) is 2. The molecule has 0 fully saturated rings. The molecule has 5 heteroatoms. The lowest BCUT2D eigenvalue weighted by molar-refractivity contribution is -0.139. The summed E-state index contributed by atoms with van der Waals surface area (Å²) < 4.78 is 0. The molecule has 0 saturated carbocycles. The summed E-state index contributed by atoms with van der Waals surface area (Å²) in [6, 6.07) is 13.6. The molecule has 1 unspecified atom stereocenters. The van der Waals surface area contributed by atoms with Crippen LogP contribution in [-0.2, 0) is 11.3 Å². The Morgan fingerprint density at radius 1 is 1.10 bits per heavy atom. The second-order valence-corrected chi connectivity index (χ2v) is 5.07. The third-order valence-electron chi connectivity index (χ3n) is 2.89. The summed E-state index contributed by atoms with van der Waals surface area (Å²) in [5, 5.41) is 12.9. The number of aliphatic carboxylic acids is 1. The number of carboxylic acids is 1. The van der Waals surface area contributed by atoms with Gasteiger partial charge >= 0.3 is 5.97 Å². The van der Waals surface area contributed by atoms with E-state index in [0.29, 0.717) is 17.1 Å². The Labute approximate surface area is 127 Å². The number of carboxylic acid groups (broad SMARTS) is 1. The van der Waals surface area contributed by atoms with E-state index in [4.69, 9.17) is 23.2 Å². The minimum atomic E-state index is -0.995. The first-order valence-electron chi connectivity index (χ1n) is 6.03. The molecule has 0 radical (unpaired) electrons. The lowest BCUT2D eigenvalue weighted by atomic mass is 10.1. The SMILES string of the molecule is O=C(O)C(NCc1ccccc1)c1cccc(Cl)c1Cl. The fourth-order valence-electron chi connectivity index (χ4n) is 1.89. The van der Waals surface area contributed by atoms with Crippen molar-refractivity contribution >= 4 is 29.2 Å². The summed E-state index contributed by atoms with van der Waals surface area (Å²) in [5.74, 6) is -0.995. The van der Waals surface area contributed by atoms with Crippen LogP contribution in [0.1, 0.15) is 17.2 Å². The summed E-state index contributed by atoms with van der Waals surface area (Å²) in [6.45, 7) is 0.431. The van der Waals surface area contributed by atoms with Gasteiger partial charge in [-0.15, -0.1) is 0 Å². The van der Waals surface area contributed by atoms with E-state index in [9.17, 15) is 9.90 Å². The molecule has 0 spiro atoms. The molecule has 20 heavy (non-hydrogen) atoms. The van der Waals surface area contributed by atoms with Gasteiger partial charge in [0.05, 0.1) is 10.0 Å². The Balaban J connectivity index is 2.20. The Kier molecular flexibility index (Phi) is 5.01. The zero-order valence-electron chi connectivity index (χ0n) is 10.5. The fourth-order valence-corrected chi connectivity index (χ4v) is 2.31. The monoisotopic (exact) mass is 309 g/mol. The molecule has 1 atom stereocenters. The van der Waals surface area contributed by atoms with E-state index >= 15 is 0 Å². The average molecular weight is 310 g/mol. The van der Waals surface area contributed by atoms with Gasteiger partial charge in [0.1, 0.15) is 6.04 Å². The molecule has 0 aliphatic heterocycles. The maximum absolute atomic E-state index is 11.4. The Bertz CT molecular complexity index is 602. The van der Waals surface area contributed by atoms with Crippen molar-refractivity contribution in [2.75, 3.05) is 0 Å². The van der Waals surface area contributed by atoms with E-state index in [1.807, 2.05) is 30.3 Å². The first-order chi connectivity index (χ1) is 9.59. The lowest BCUT2D eigenvalue weighted by Gasteiger charge is -2.16. The first-order valence-corrected chi connectivity index (χ1v) is 6.79. The summed E-state index contributed by atoms with van der Waals surface area (Å²) >= 11 is 12.0. The Morgan fingerprint density at radius 2 is 1.80 bits per heavy atom. The van der Waals surface area contributed by atoms with Crippen LogP contribution in [0.25, 0.3) is 0 Å². The van der Waals surface area contributed by atoms with Crippen molar-refractivity contribution in [3.8, 4) is 0 Å². The van der Waals surface area contributed by atoms with Crippen LogP contribution in [0.3, 0.4) is 0 Å². The van der Waals surface area contributed by atoms with Gasteiger partial charge in [0.2, 0.25) is 0 Å². The lowest BCUT2D eigenvalue weighted by Crippen LogP contribution is -2.28. The minimum Gasteiger partial charge on any atom is -0.480 e. The maximum Gasteiger partial charge on any atom is 0.325 e. The third-order valence-corrected chi connectivity index (χ3v) is 3.73. The molecule has 2 aromatic rings. The highest BCUT2D eigenvalue weighted by atomic mass is 35.5. The highest BCUT2D eigenvalue weighted by Crippen LogP contribution is 2.30. The molecule has 104 valence electrons. The largest absolute Gasteiger partial charge is 0.480 e. The molecule has 0 heterocycles. The number of nitrogens with one attached hydrogen (secondary N) is 1. The predicted molar refractivity (Wildman–Crippen MR) is 80.1 cm³/mol. The molecule has 3 nitrogen and oxygen atoms in total. The highest BCUT2D eigenvalue weighted by Gasteiger charge is 2.22. The van der Waals surface area contributed by atoms with E-state index in [-0.39, 0.29) is 5.02 Å². The second kappa shape index (κ2) is 6.75. The number of rotatable bonds is 5. The van der Waals surface area contributed by atoms with Gasteiger partial charge in [-0.1, -0.05) is 65.7 Å². The van der Waals surface area contributed by atoms with Gasteiger partial charge in [0, 0.05) is 12.1 Å². The molecule has 0 aromatic heterocycles. The number of halogens is 2. The van der Waals surface area contributed by atoms with Crippen molar-refractivity contribution in [3.05, 3.63) is 69.7 Å². The van der Waals surface area contributed by atoms with E-state index < -0.39 is 12.0 Å². The second-order valence-electron chi connectivity index (χ2n) is 4.28. The number of carbonyl (C=O) groups is 1. The van der Waals surface area contributed by atoms with Crippen molar-refractivity contribution in [2.24, 2.45) is 0 Å². The van der Waals surface area contributed by atoms with Crippen molar-refractivity contribution in [2.45, 2.75) is 12.6 Å². The van der Waals surface area contributed by atoms with Gasteiger partial charge in [-0.2, -0.15) is 0 Å². The standard InChI is InChI=1S/C15H13Cl2NO2/c16-12-8-4-7-11(13(12)17)14(15(19)20)18-9-10-5-2-1-3-6-10/h1-8,14,18H,9H2,(H,19,20). The average Bonchev–Trinajstić information content (AvgIpc) is 2.44. The molecule has 2 aromatic carbocycles. The highest BCUT2D eigenvalue weighted by molar-refractivity contribution is 6.42. The Hall–Kier alpha value is -1.55. The van der Waals surface area contributed by atoms with Crippen LogP contribution in [0.5, 0.6) is 0 Å². The zero-order valence-corrected chi connectivity index (χ0v) is 12.0. The zero-order chi connectivity index (χ0) is 14.5. The topological polar surface area (TPSA) is 49.3 Å². The van der Waals surface area contributed by atoms with E-state index in [2.05, 4.69) is 5.32 Å². The number of hydrogen-bond donors (Lipinski definition) is 2. The first kappa shape index (κ1) is 14.9. The van der Waals surface area contributed by atoms with Gasteiger partial charge < -0.3 is 5.11 Å². The van der Waals surface area contributed by atoms with Gasteiger partial charge in [-0.25, -0.2) is 0 Å². The molecule has 2 rings (SSSR count). The van der Waals surface area contributed by atoms with Crippen molar-refractivity contribution in [1.29, 1.82) is 0 Å². The van der Waals surface area contributed by atoms with E-state index in [0.717, 1.165) is 5.56 Å². The Morgan fingerprint density at radius 3 is 2.45 bits per heavy atom. The predicted octanol–water partition coefficient (Wildman–Crippen LogP) is 3.91. The van der Waals surface area contributed by atoms with Crippen LogP contribution in [0.15, 0.2) is 48.5 Å². The molecule has 0 aliphatic rings. The van der Waals surface area contributed by atoms with Crippen LogP contribution in [0, 0.1) is 0 Å². The van der Waals surface area contributed by atoms with Gasteiger partial charge in [-0.3, -0.25) is 10.1 Å². The molecular formula is C15H13Cl2NO2. The summed E-state index contributed by atoms with van der Waals surface area (Å²) in [7, 11) is 0. The van der Waals surface area contributed by atoms with Crippen LogP contribution in [0.4, 0.5) is 0 Å². The molecular weight excluding hydrogens is 297 g/mol. The van der Waals surface area contributed by atoms with Crippen LogP contribution in [0.2, 0.25) is 10.0 Å². The van der Waals surface area contributed by atoms with Gasteiger partial charge in [0.15, 0.2) is 0 Å². The molecule has 0 bridgehead atoms. The summed E-state index contributed by atoms with van der Waals surface area (Å²) in [4.78, 5) is 11.4. The summed E-state index contributed by atoms with van der Waals surface area (Å²) in [6.07, 6.45) is 0. The minimum absolute atomic E-state index is 0.266. The van der Waals surface area contributed by atoms with E-state index in [1.54, 1.807) is 18.2 Å².